The zero-order valence-corrected chi connectivity index (χ0v) is 19.3. The minimum Gasteiger partial charge on any atom is -0.444 e. The highest BCUT2D eigenvalue weighted by Crippen LogP contribution is 2.36. The van der Waals surface area contributed by atoms with Crippen LogP contribution < -0.4 is 5.46 Å². The topological polar surface area (TPSA) is 73.8 Å². The summed E-state index contributed by atoms with van der Waals surface area (Å²) in [5.41, 5.74) is -0.400. The van der Waals surface area contributed by atoms with Crippen molar-refractivity contribution in [2.75, 3.05) is 18.8 Å². The van der Waals surface area contributed by atoms with Gasteiger partial charge in [-0.3, -0.25) is 0 Å². The summed E-state index contributed by atoms with van der Waals surface area (Å²) in [6, 6.07) is 0. The van der Waals surface area contributed by atoms with Gasteiger partial charge < -0.3 is 18.9 Å². The van der Waals surface area contributed by atoms with Gasteiger partial charge in [-0.1, -0.05) is 11.8 Å². The average molecular weight is 421 g/mol. The quantitative estimate of drug-likeness (QED) is 0.420. The molecule has 0 aromatic carbocycles. The SMILES string of the molecule is CC(C)(C)OC(=O)N1CC[C@H](CSc2ncc(B3OC(C)(C)C(C)(C)O3)cn2)C1. The van der Waals surface area contributed by atoms with Crippen molar-refractivity contribution in [3.63, 3.8) is 0 Å². The predicted octanol–water partition coefficient (Wildman–Crippen LogP) is 3.12. The molecule has 1 aromatic rings. The van der Waals surface area contributed by atoms with Gasteiger partial charge in [-0.2, -0.15) is 0 Å². The van der Waals surface area contributed by atoms with E-state index in [-0.39, 0.29) is 17.3 Å². The molecule has 2 aliphatic heterocycles. The molecule has 9 heteroatoms. The number of rotatable bonds is 4. The Balaban J connectivity index is 1.49. The molecule has 0 aliphatic carbocycles. The first-order valence-corrected chi connectivity index (χ1v) is 11.1. The third kappa shape index (κ3) is 5.44. The normalized spacial score (nSPS) is 23.5. The molecule has 0 saturated carbocycles. The van der Waals surface area contributed by atoms with E-state index in [2.05, 4.69) is 9.97 Å². The first-order valence-electron chi connectivity index (χ1n) is 10.1. The zero-order valence-electron chi connectivity index (χ0n) is 18.5. The van der Waals surface area contributed by atoms with Gasteiger partial charge in [0.1, 0.15) is 5.60 Å². The molecule has 0 N–H and O–H groups in total. The van der Waals surface area contributed by atoms with Crippen LogP contribution in [0.4, 0.5) is 4.79 Å². The molecule has 0 spiro atoms. The second kappa shape index (κ2) is 8.08. The maximum Gasteiger partial charge on any atom is 0.498 e. The third-order valence-corrected chi connectivity index (χ3v) is 6.67. The van der Waals surface area contributed by atoms with Gasteiger partial charge in [0, 0.05) is 36.7 Å². The van der Waals surface area contributed by atoms with Crippen molar-refractivity contribution >= 4 is 30.4 Å². The minimum atomic E-state index is -0.462. The van der Waals surface area contributed by atoms with Gasteiger partial charge >= 0.3 is 13.2 Å². The van der Waals surface area contributed by atoms with Gasteiger partial charge in [-0.15, -0.1) is 0 Å². The van der Waals surface area contributed by atoms with Crippen molar-refractivity contribution < 1.29 is 18.8 Å². The number of thioether (sulfide) groups is 1. The predicted molar refractivity (Wildman–Crippen MR) is 114 cm³/mol. The van der Waals surface area contributed by atoms with Crippen molar-refractivity contribution in [1.82, 2.24) is 14.9 Å². The van der Waals surface area contributed by atoms with E-state index in [1.165, 1.54) is 0 Å². The second-order valence-electron chi connectivity index (χ2n) is 9.78. The van der Waals surface area contributed by atoms with Gasteiger partial charge in [0.05, 0.1) is 11.2 Å². The summed E-state index contributed by atoms with van der Waals surface area (Å²) in [7, 11) is -0.448. The van der Waals surface area contributed by atoms with Crippen LogP contribution in [-0.4, -0.2) is 63.7 Å². The lowest BCUT2D eigenvalue weighted by atomic mass is 9.81. The first-order chi connectivity index (χ1) is 13.4. The molecule has 29 heavy (non-hydrogen) atoms. The molecule has 1 amide bonds. The molecule has 2 aliphatic rings. The van der Waals surface area contributed by atoms with Crippen LogP contribution in [0.25, 0.3) is 0 Å². The highest BCUT2D eigenvalue weighted by molar-refractivity contribution is 7.99. The van der Waals surface area contributed by atoms with Gasteiger partial charge in [-0.05, 0) is 60.8 Å². The van der Waals surface area contributed by atoms with Crippen LogP contribution >= 0.6 is 11.8 Å². The van der Waals surface area contributed by atoms with E-state index < -0.39 is 12.7 Å². The van der Waals surface area contributed by atoms with Crippen molar-refractivity contribution in [2.24, 2.45) is 5.92 Å². The van der Waals surface area contributed by atoms with E-state index in [4.69, 9.17) is 14.0 Å². The Hall–Kier alpha value is -1.32. The van der Waals surface area contributed by atoms with Crippen LogP contribution in [0.5, 0.6) is 0 Å². The molecule has 3 heterocycles. The standard InChI is InChI=1S/C20H32BN3O4S/c1-18(2,3)26-17(25)24-9-8-14(12-24)13-29-16-22-10-15(11-23-16)21-27-19(4,5)20(6,7)28-21/h10-11,14H,8-9,12-13H2,1-7H3/t14-/m0/s1. The summed E-state index contributed by atoms with van der Waals surface area (Å²) in [4.78, 5) is 22.9. The molecular weight excluding hydrogens is 389 g/mol. The van der Waals surface area contributed by atoms with E-state index in [9.17, 15) is 4.79 Å². The van der Waals surface area contributed by atoms with E-state index in [0.29, 0.717) is 12.5 Å². The van der Waals surface area contributed by atoms with Crippen LogP contribution in [0.3, 0.4) is 0 Å². The maximum absolute atomic E-state index is 12.2. The Labute approximate surface area is 178 Å². The van der Waals surface area contributed by atoms with Crippen molar-refractivity contribution in [1.29, 1.82) is 0 Å². The van der Waals surface area contributed by atoms with Crippen LogP contribution in [0, 0.1) is 5.92 Å². The Morgan fingerprint density at radius 2 is 1.83 bits per heavy atom. The Bertz CT molecular complexity index is 720. The van der Waals surface area contributed by atoms with Gasteiger partial charge in [0.2, 0.25) is 0 Å². The molecule has 0 radical (unpaired) electrons. The molecule has 0 bridgehead atoms. The average Bonchev–Trinajstić information content (AvgIpc) is 3.14. The van der Waals surface area contributed by atoms with Gasteiger partial charge in [-0.25, -0.2) is 14.8 Å². The summed E-state index contributed by atoms with van der Waals surface area (Å²) < 4.78 is 17.5. The number of carbonyl (C=O) groups excluding carboxylic acids is 1. The van der Waals surface area contributed by atoms with E-state index in [1.54, 1.807) is 29.1 Å². The summed E-state index contributed by atoms with van der Waals surface area (Å²) >= 11 is 1.61. The smallest absolute Gasteiger partial charge is 0.444 e. The Morgan fingerprint density at radius 3 is 2.38 bits per heavy atom. The van der Waals surface area contributed by atoms with Crippen molar-refractivity contribution in [3.8, 4) is 0 Å². The monoisotopic (exact) mass is 421 g/mol. The summed E-state index contributed by atoms with van der Waals surface area (Å²) in [5.74, 6) is 1.29. The Morgan fingerprint density at radius 1 is 1.24 bits per heavy atom. The Kier molecular flexibility index (Phi) is 6.23. The number of ether oxygens (including phenoxy) is 1. The highest BCUT2D eigenvalue weighted by Gasteiger charge is 2.52. The molecule has 1 atom stereocenters. The summed E-state index contributed by atoms with van der Waals surface area (Å²) in [5, 5.41) is 0.723. The lowest BCUT2D eigenvalue weighted by Gasteiger charge is -2.32. The molecule has 1 aromatic heterocycles. The third-order valence-electron chi connectivity index (χ3n) is 5.56. The highest BCUT2D eigenvalue weighted by atomic mass is 32.2. The van der Waals surface area contributed by atoms with E-state index in [1.807, 2.05) is 48.5 Å². The molecule has 7 nitrogen and oxygen atoms in total. The number of aromatic nitrogens is 2. The van der Waals surface area contributed by atoms with Crippen LogP contribution in [0.2, 0.25) is 0 Å². The number of hydrogen-bond acceptors (Lipinski definition) is 7. The molecule has 3 rings (SSSR count). The second-order valence-corrected chi connectivity index (χ2v) is 10.8. The fourth-order valence-corrected chi connectivity index (χ4v) is 4.07. The van der Waals surface area contributed by atoms with Crippen molar-refractivity contribution in [3.05, 3.63) is 12.4 Å². The zero-order chi connectivity index (χ0) is 21.4. The summed E-state index contributed by atoms with van der Waals surface area (Å²) in [6.45, 7) is 15.2. The number of nitrogens with zero attached hydrogens (tertiary/aromatic N) is 3. The fourth-order valence-electron chi connectivity index (χ4n) is 3.15. The van der Waals surface area contributed by atoms with E-state index in [0.717, 1.165) is 29.3 Å². The molecule has 2 fully saturated rings. The molecule has 0 unspecified atom stereocenters. The van der Waals surface area contributed by atoms with Gasteiger partial charge in [0.25, 0.3) is 0 Å². The van der Waals surface area contributed by atoms with Gasteiger partial charge in [0.15, 0.2) is 5.16 Å². The number of likely N-dealkylation sites (tertiary alicyclic amines) is 1. The largest absolute Gasteiger partial charge is 0.498 e. The van der Waals surface area contributed by atoms with E-state index >= 15 is 0 Å². The van der Waals surface area contributed by atoms with Crippen LogP contribution in [0.15, 0.2) is 17.6 Å². The fraction of sp³-hybridized carbons (Fsp3) is 0.750. The molecular formula is C20H32BN3O4S. The number of hydrogen-bond donors (Lipinski definition) is 0. The lowest BCUT2D eigenvalue weighted by molar-refractivity contribution is 0.00578. The van der Waals surface area contributed by atoms with Crippen molar-refractivity contribution in [2.45, 2.75) is 76.8 Å². The lowest BCUT2D eigenvalue weighted by Crippen LogP contribution is -2.41. The molecule has 160 valence electrons. The number of amides is 1. The van der Waals surface area contributed by atoms with Crippen LogP contribution in [-0.2, 0) is 14.0 Å². The number of carbonyl (C=O) groups is 1. The molecule has 2 saturated heterocycles. The summed E-state index contributed by atoms with van der Waals surface area (Å²) in [6.07, 6.45) is 4.30. The van der Waals surface area contributed by atoms with Crippen LogP contribution in [0.1, 0.15) is 54.9 Å². The first kappa shape index (κ1) is 22.4. The maximum atomic E-state index is 12.2. The minimum absolute atomic E-state index is 0.229.